The van der Waals surface area contributed by atoms with Gasteiger partial charge in [-0.05, 0) is 18.1 Å². The smallest absolute Gasteiger partial charge is 0.239 e. The van der Waals surface area contributed by atoms with Gasteiger partial charge in [-0.25, -0.2) is 0 Å². The van der Waals surface area contributed by atoms with Crippen molar-refractivity contribution in [3.63, 3.8) is 0 Å². The molecule has 2 rings (SSSR count). The van der Waals surface area contributed by atoms with E-state index in [0.717, 1.165) is 11.1 Å². The molecule has 0 aliphatic rings. The molecule has 2 aromatic rings. The minimum atomic E-state index is -0.658. The zero-order valence-electron chi connectivity index (χ0n) is 13.6. The molecule has 0 fully saturated rings. The molecule has 0 aromatic heterocycles. The summed E-state index contributed by atoms with van der Waals surface area (Å²) in [6, 6.07) is 19.6. The van der Waals surface area contributed by atoms with Crippen LogP contribution in [0, 0.1) is 0 Å². The fraction of sp³-hybridized carbons (Fsp3) is 0.316. The van der Waals surface area contributed by atoms with Crippen molar-refractivity contribution in [2.75, 3.05) is 13.7 Å². The Labute approximate surface area is 137 Å². The molecule has 4 nitrogen and oxygen atoms in total. The lowest BCUT2D eigenvalue weighted by Crippen LogP contribution is -2.48. The van der Waals surface area contributed by atoms with Crippen molar-refractivity contribution in [1.82, 2.24) is 5.32 Å². The van der Waals surface area contributed by atoms with E-state index in [1.54, 1.807) is 0 Å². The molecule has 0 saturated carbocycles. The molecule has 2 unspecified atom stereocenters. The number of hydrogen-bond acceptors (Lipinski definition) is 3. The SMILES string of the molecule is COCC(N)C(=O)NC(C)C(c1ccccc1)c1ccccc1. The van der Waals surface area contributed by atoms with Gasteiger partial charge in [0.1, 0.15) is 6.04 Å². The van der Waals surface area contributed by atoms with Crippen LogP contribution in [0.1, 0.15) is 24.0 Å². The minimum Gasteiger partial charge on any atom is -0.383 e. The number of hydrogen-bond donors (Lipinski definition) is 2. The summed E-state index contributed by atoms with van der Waals surface area (Å²) in [7, 11) is 1.54. The third-order valence-corrected chi connectivity index (χ3v) is 3.87. The van der Waals surface area contributed by atoms with Crippen molar-refractivity contribution < 1.29 is 9.53 Å². The van der Waals surface area contributed by atoms with E-state index in [9.17, 15) is 4.79 Å². The van der Waals surface area contributed by atoms with E-state index in [-0.39, 0.29) is 24.5 Å². The van der Waals surface area contributed by atoms with Gasteiger partial charge in [0.05, 0.1) is 6.61 Å². The van der Waals surface area contributed by atoms with E-state index in [4.69, 9.17) is 10.5 Å². The number of carbonyl (C=O) groups is 1. The number of amides is 1. The van der Waals surface area contributed by atoms with Crippen LogP contribution in [0.3, 0.4) is 0 Å². The zero-order valence-corrected chi connectivity index (χ0v) is 13.6. The summed E-state index contributed by atoms with van der Waals surface area (Å²) in [6.07, 6.45) is 0. The summed E-state index contributed by atoms with van der Waals surface area (Å²) in [5, 5.41) is 3.02. The van der Waals surface area contributed by atoms with Gasteiger partial charge in [-0.3, -0.25) is 4.79 Å². The van der Waals surface area contributed by atoms with Gasteiger partial charge in [0.15, 0.2) is 0 Å². The number of rotatable bonds is 7. The Morgan fingerprint density at radius 1 is 1.04 bits per heavy atom. The van der Waals surface area contributed by atoms with E-state index in [2.05, 4.69) is 29.6 Å². The average molecular weight is 312 g/mol. The van der Waals surface area contributed by atoms with Crippen molar-refractivity contribution in [3.8, 4) is 0 Å². The maximum atomic E-state index is 12.2. The van der Waals surface area contributed by atoms with Crippen LogP contribution in [-0.4, -0.2) is 31.7 Å². The molecule has 2 atom stereocenters. The summed E-state index contributed by atoms with van der Waals surface area (Å²) >= 11 is 0. The lowest BCUT2D eigenvalue weighted by atomic mass is 9.85. The highest BCUT2D eigenvalue weighted by atomic mass is 16.5. The summed E-state index contributed by atoms with van der Waals surface area (Å²) in [5.41, 5.74) is 8.13. The summed E-state index contributed by atoms with van der Waals surface area (Å²) in [6.45, 7) is 2.21. The van der Waals surface area contributed by atoms with Crippen LogP contribution in [0.25, 0.3) is 0 Å². The van der Waals surface area contributed by atoms with Gasteiger partial charge in [0.25, 0.3) is 0 Å². The molecule has 23 heavy (non-hydrogen) atoms. The first-order chi connectivity index (χ1) is 11.1. The second-order valence-electron chi connectivity index (χ2n) is 5.66. The van der Waals surface area contributed by atoms with Crippen LogP contribution in [0.2, 0.25) is 0 Å². The first-order valence-corrected chi connectivity index (χ1v) is 7.78. The van der Waals surface area contributed by atoms with Crippen molar-refractivity contribution in [3.05, 3.63) is 71.8 Å². The highest BCUT2D eigenvalue weighted by Gasteiger charge is 2.24. The van der Waals surface area contributed by atoms with Crippen LogP contribution in [0.5, 0.6) is 0 Å². The average Bonchev–Trinajstić information content (AvgIpc) is 2.57. The van der Waals surface area contributed by atoms with E-state index in [1.807, 2.05) is 43.3 Å². The predicted molar refractivity (Wildman–Crippen MR) is 92.2 cm³/mol. The van der Waals surface area contributed by atoms with Crippen molar-refractivity contribution in [2.24, 2.45) is 5.73 Å². The molecule has 122 valence electrons. The lowest BCUT2D eigenvalue weighted by Gasteiger charge is -2.27. The van der Waals surface area contributed by atoms with Gasteiger partial charge in [-0.1, -0.05) is 60.7 Å². The summed E-state index contributed by atoms with van der Waals surface area (Å²) in [5.74, 6) is -0.132. The van der Waals surface area contributed by atoms with E-state index < -0.39 is 6.04 Å². The standard InChI is InChI=1S/C19H24N2O2/c1-14(21-19(22)17(20)13-23-2)18(15-9-5-3-6-10-15)16-11-7-4-8-12-16/h3-12,14,17-18H,13,20H2,1-2H3,(H,21,22). The normalized spacial score (nSPS) is 13.6. The van der Waals surface area contributed by atoms with Gasteiger partial charge in [-0.15, -0.1) is 0 Å². The number of carbonyl (C=O) groups excluding carboxylic acids is 1. The Bertz CT molecular complexity index is 562. The molecule has 3 N–H and O–H groups in total. The second-order valence-corrected chi connectivity index (χ2v) is 5.66. The van der Waals surface area contributed by atoms with Gasteiger partial charge in [0, 0.05) is 19.1 Å². The Morgan fingerprint density at radius 3 is 1.96 bits per heavy atom. The third-order valence-electron chi connectivity index (χ3n) is 3.87. The number of benzene rings is 2. The van der Waals surface area contributed by atoms with Crippen LogP contribution < -0.4 is 11.1 Å². The molecule has 0 saturated heterocycles. The van der Waals surface area contributed by atoms with Gasteiger partial charge < -0.3 is 15.8 Å². The lowest BCUT2D eigenvalue weighted by molar-refractivity contribution is -0.124. The fourth-order valence-corrected chi connectivity index (χ4v) is 2.76. The molecule has 0 radical (unpaired) electrons. The van der Waals surface area contributed by atoms with Gasteiger partial charge in [0.2, 0.25) is 5.91 Å². The van der Waals surface area contributed by atoms with Crippen LogP contribution in [0.15, 0.2) is 60.7 Å². The largest absolute Gasteiger partial charge is 0.383 e. The van der Waals surface area contributed by atoms with Crippen LogP contribution >= 0.6 is 0 Å². The van der Waals surface area contributed by atoms with E-state index in [0.29, 0.717) is 0 Å². The Hall–Kier alpha value is -2.17. The van der Waals surface area contributed by atoms with Crippen molar-refractivity contribution in [2.45, 2.75) is 24.9 Å². The molecule has 4 heteroatoms. The molecular formula is C19H24N2O2. The highest BCUT2D eigenvalue weighted by molar-refractivity contribution is 5.82. The van der Waals surface area contributed by atoms with Gasteiger partial charge in [-0.2, -0.15) is 0 Å². The fourth-order valence-electron chi connectivity index (χ4n) is 2.76. The summed E-state index contributed by atoms with van der Waals surface area (Å²) < 4.78 is 4.95. The first kappa shape index (κ1) is 17.2. The molecular weight excluding hydrogens is 288 g/mol. The number of nitrogens with two attached hydrogens (primary N) is 1. The Morgan fingerprint density at radius 2 is 1.52 bits per heavy atom. The number of ether oxygens (including phenoxy) is 1. The maximum Gasteiger partial charge on any atom is 0.239 e. The van der Waals surface area contributed by atoms with E-state index in [1.165, 1.54) is 7.11 Å². The molecule has 0 bridgehead atoms. The van der Waals surface area contributed by atoms with Crippen molar-refractivity contribution in [1.29, 1.82) is 0 Å². The topological polar surface area (TPSA) is 64.3 Å². The first-order valence-electron chi connectivity index (χ1n) is 7.78. The summed E-state index contributed by atoms with van der Waals surface area (Å²) in [4.78, 5) is 12.2. The molecule has 0 aliphatic carbocycles. The maximum absolute atomic E-state index is 12.2. The Balaban J connectivity index is 2.22. The quantitative estimate of drug-likeness (QED) is 0.824. The highest BCUT2D eigenvalue weighted by Crippen LogP contribution is 2.27. The third kappa shape index (κ3) is 4.65. The van der Waals surface area contributed by atoms with Gasteiger partial charge >= 0.3 is 0 Å². The second kappa shape index (κ2) is 8.46. The minimum absolute atomic E-state index is 0.0658. The number of methoxy groups -OCH3 is 1. The van der Waals surface area contributed by atoms with Crippen LogP contribution in [-0.2, 0) is 9.53 Å². The molecule has 1 amide bonds. The Kier molecular flexibility index (Phi) is 6.32. The van der Waals surface area contributed by atoms with E-state index >= 15 is 0 Å². The molecule has 0 spiro atoms. The monoisotopic (exact) mass is 312 g/mol. The molecule has 0 heterocycles. The predicted octanol–water partition coefficient (Wildman–Crippen LogP) is 2.30. The van der Waals surface area contributed by atoms with Crippen molar-refractivity contribution >= 4 is 5.91 Å². The molecule has 2 aromatic carbocycles. The number of nitrogens with one attached hydrogen (secondary N) is 1. The molecule has 0 aliphatic heterocycles. The zero-order chi connectivity index (χ0) is 16.7. The van der Waals surface area contributed by atoms with Crippen LogP contribution in [0.4, 0.5) is 0 Å².